The van der Waals surface area contributed by atoms with Crippen molar-refractivity contribution in [2.24, 2.45) is 0 Å². The molecule has 0 aliphatic carbocycles. The van der Waals surface area contributed by atoms with Gasteiger partial charge < -0.3 is 4.74 Å². The molecule has 5 nitrogen and oxygen atoms in total. The molecule has 0 amide bonds. The first kappa shape index (κ1) is 14.2. The van der Waals surface area contributed by atoms with Gasteiger partial charge in [0.25, 0.3) is 0 Å². The number of ether oxygens (including phenoxy) is 1. The highest BCUT2D eigenvalue weighted by Gasteiger charge is 2.23. The second-order valence-corrected chi connectivity index (χ2v) is 5.64. The quantitative estimate of drug-likeness (QED) is 0.796. The summed E-state index contributed by atoms with van der Waals surface area (Å²) in [7, 11) is 1.60. The van der Waals surface area contributed by atoms with Crippen molar-refractivity contribution in [3.63, 3.8) is 0 Å². The highest BCUT2D eigenvalue weighted by molar-refractivity contribution is 7.14. The fourth-order valence-electron chi connectivity index (χ4n) is 1.79. The fourth-order valence-corrected chi connectivity index (χ4v) is 2.87. The third kappa shape index (κ3) is 2.86. The molecule has 2 heterocycles. The minimum Gasteiger partial charge on any atom is -0.383 e. The number of aromatic nitrogens is 3. The van der Waals surface area contributed by atoms with Crippen LogP contribution in [0.2, 0.25) is 5.02 Å². The first-order valence-corrected chi connectivity index (χ1v) is 6.93. The summed E-state index contributed by atoms with van der Waals surface area (Å²) in [4.78, 5) is 17.4. The summed E-state index contributed by atoms with van der Waals surface area (Å²) in [5.41, 5.74) is 1.12. The number of hydrogen-bond acceptors (Lipinski definition) is 5. The molecule has 0 aliphatic heterocycles. The molecule has 0 bridgehead atoms. The highest BCUT2D eigenvalue weighted by Crippen LogP contribution is 2.25. The molecule has 0 N–H and O–H groups in total. The predicted molar refractivity (Wildman–Crippen MR) is 74.1 cm³/mol. The van der Waals surface area contributed by atoms with E-state index in [1.54, 1.807) is 11.8 Å². The van der Waals surface area contributed by atoms with E-state index in [0.29, 0.717) is 28.7 Å². The van der Waals surface area contributed by atoms with Crippen LogP contribution in [0.5, 0.6) is 0 Å². The van der Waals surface area contributed by atoms with E-state index in [0.717, 1.165) is 10.7 Å². The lowest BCUT2D eigenvalue weighted by Gasteiger charge is -2.06. The van der Waals surface area contributed by atoms with Gasteiger partial charge in [-0.05, 0) is 13.8 Å². The number of methoxy groups -OCH3 is 1. The van der Waals surface area contributed by atoms with Crippen LogP contribution in [-0.2, 0) is 11.3 Å². The second kappa shape index (κ2) is 5.81. The molecule has 0 saturated heterocycles. The Hall–Kier alpha value is -1.24. The molecule has 19 heavy (non-hydrogen) atoms. The molecule has 0 unspecified atom stereocenters. The minimum atomic E-state index is -0.137. The monoisotopic (exact) mass is 299 g/mol. The Balaban J connectivity index is 2.38. The normalized spacial score (nSPS) is 10.9. The van der Waals surface area contributed by atoms with Crippen molar-refractivity contribution in [2.75, 3.05) is 13.7 Å². The summed E-state index contributed by atoms with van der Waals surface area (Å²) < 4.78 is 6.57. The van der Waals surface area contributed by atoms with Crippen molar-refractivity contribution in [1.82, 2.24) is 14.8 Å². The van der Waals surface area contributed by atoms with Crippen molar-refractivity contribution in [3.8, 4) is 0 Å². The van der Waals surface area contributed by atoms with Crippen LogP contribution in [0.25, 0.3) is 0 Å². The molecular weight excluding hydrogens is 286 g/mol. The molecule has 0 fully saturated rings. The van der Waals surface area contributed by atoms with E-state index < -0.39 is 0 Å². The first-order valence-electron chi connectivity index (χ1n) is 5.73. The zero-order chi connectivity index (χ0) is 14.0. The number of hydrogen-bond donors (Lipinski definition) is 0. The van der Waals surface area contributed by atoms with Crippen LogP contribution in [0.1, 0.15) is 26.1 Å². The average Bonchev–Trinajstić information content (AvgIpc) is 2.89. The van der Waals surface area contributed by atoms with Crippen LogP contribution in [0.4, 0.5) is 0 Å². The van der Waals surface area contributed by atoms with E-state index in [-0.39, 0.29) is 5.78 Å². The summed E-state index contributed by atoms with van der Waals surface area (Å²) in [5, 5.41) is 5.32. The van der Waals surface area contributed by atoms with Gasteiger partial charge in [0, 0.05) is 7.11 Å². The summed E-state index contributed by atoms with van der Waals surface area (Å²) in [6.07, 6.45) is 1.48. The van der Waals surface area contributed by atoms with Crippen molar-refractivity contribution in [2.45, 2.75) is 20.4 Å². The van der Waals surface area contributed by atoms with Crippen LogP contribution < -0.4 is 0 Å². The van der Waals surface area contributed by atoms with Gasteiger partial charge >= 0.3 is 0 Å². The number of rotatable bonds is 5. The second-order valence-electron chi connectivity index (χ2n) is 4.03. The molecule has 2 aromatic heterocycles. The fraction of sp³-hybridized carbons (Fsp3) is 0.417. The molecule has 0 aromatic carbocycles. The van der Waals surface area contributed by atoms with E-state index in [1.165, 1.54) is 17.5 Å². The zero-order valence-corrected chi connectivity index (χ0v) is 12.5. The molecule has 7 heteroatoms. The van der Waals surface area contributed by atoms with Crippen molar-refractivity contribution in [3.05, 3.63) is 32.5 Å². The first-order chi connectivity index (χ1) is 9.04. The minimum absolute atomic E-state index is 0.137. The average molecular weight is 300 g/mol. The van der Waals surface area contributed by atoms with E-state index in [4.69, 9.17) is 16.3 Å². The highest BCUT2D eigenvalue weighted by atomic mass is 35.5. The molecule has 0 atom stereocenters. The summed E-state index contributed by atoms with van der Waals surface area (Å²) in [6, 6.07) is 0. The summed E-state index contributed by atoms with van der Waals surface area (Å²) in [6.45, 7) is 4.65. The third-order valence-corrected chi connectivity index (χ3v) is 3.98. The van der Waals surface area contributed by atoms with Crippen LogP contribution in [0.15, 0.2) is 6.20 Å². The van der Waals surface area contributed by atoms with Gasteiger partial charge in [-0.2, -0.15) is 5.10 Å². The van der Waals surface area contributed by atoms with Gasteiger partial charge in [-0.15, -0.1) is 11.3 Å². The third-order valence-electron chi connectivity index (χ3n) is 2.63. The smallest absolute Gasteiger partial charge is 0.224 e. The number of aryl methyl sites for hydroxylation is 2. The van der Waals surface area contributed by atoms with E-state index in [1.807, 2.05) is 13.8 Å². The summed E-state index contributed by atoms with van der Waals surface area (Å²) in [5.74, 6) is -0.137. The van der Waals surface area contributed by atoms with Gasteiger partial charge in [-0.25, -0.2) is 4.98 Å². The van der Waals surface area contributed by atoms with Gasteiger partial charge in [-0.1, -0.05) is 11.6 Å². The molecule has 2 rings (SSSR count). The number of thiazole rings is 1. The largest absolute Gasteiger partial charge is 0.383 e. The molecule has 0 radical (unpaired) electrons. The summed E-state index contributed by atoms with van der Waals surface area (Å²) >= 11 is 7.44. The predicted octanol–water partition coefficient (Wildman–Crippen LogP) is 2.49. The standard InChI is InChI=1S/C12H14ClN3O2S/c1-7-12(19-8(2)15-7)11(17)10-9(13)6-14-16(10)4-5-18-3/h6H,4-5H2,1-3H3. The van der Waals surface area contributed by atoms with Crippen molar-refractivity contribution in [1.29, 1.82) is 0 Å². The lowest BCUT2D eigenvalue weighted by atomic mass is 10.2. The number of nitrogens with zero attached hydrogens (tertiary/aromatic N) is 3. The van der Waals surface area contributed by atoms with E-state index in [2.05, 4.69) is 10.1 Å². The Kier molecular flexibility index (Phi) is 4.34. The van der Waals surface area contributed by atoms with Gasteiger partial charge in [0.15, 0.2) is 0 Å². The number of carbonyl (C=O) groups is 1. The molecule has 0 saturated carbocycles. The molecular formula is C12H14ClN3O2S. The van der Waals surface area contributed by atoms with Crippen LogP contribution in [0, 0.1) is 13.8 Å². The van der Waals surface area contributed by atoms with Gasteiger partial charge in [0.05, 0.1) is 39.9 Å². The van der Waals surface area contributed by atoms with Crippen molar-refractivity contribution >= 4 is 28.7 Å². The van der Waals surface area contributed by atoms with E-state index >= 15 is 0 Å². The molecule has 102 valence electrons. The Morgan fingerprint density at radius 1 is 1.53 bits per heavy atom. The van der Waals surface area contributed by atoms with Gasteiger partial charge in [0.2, 0.25) is 5.78 Å². The zero-order valence-electron chi connectivity index (χ0n) is 10.9. The van der Waals surface area contributed by atoms with E-state index in [9.17, 15) is 4.79 Å². The van der Waals surface area contributed by atoms with Crippen LogP contribution in [0.3, 0.4) is 0 Å². The van der Waals surface area contributed by atoms with Crippen LogP contribution >= 0.6 is 22.9 Å². The SMILES string of the molecule is COCCn1ncc(Cl)c1C(=O)c1sc(C)nc1C. The number of ketones is 1. The lowest BCUT2D eigenvalue weighted by molar-refractivity contribution is 0.102. The van der Waals surface area contributed by atoms with Gasteiger partial charge in [0.1, 0.15) is 5.69 Å². The molecule has 0 spiro atoms. The maximum Gasteiger partial charge on any atom is 0.224 e. The Labute approximate surface area is 120 Å². The number of halogens is 1. The lowest BCUT2D eigenvalue weighted by Crippen LogP contribution is -2.14. The maximum absolute atomic E-state index is 12.5. The number of carbonyl (C=O) groups excluding carboxylic acids is 1. The Bertz CT molecular complexity index is 606. The Morgan fingerprint density at radius 2 is 2.26 bits per heavy atom. The van der Waals surface area contributed by atoms with Crippen LogP contribution in [-0.4, -0.2) is 34.3 Å². The molecule has 2 aromatic rings. The maximum atomic E-state index is 12.5. The van der Waals surface area contributed by atoms with Gasteiger partial charge in [-0.3, -0.25) is 9.48 Å². The Morgan fingerprint density at radius 3 is 2.84 bits per heavy atom. The molecule has 0 aliphatic rings. The topological polar surface area (TPSA) is 57.0 Å². The van der Waals surface area contributed by atoms with Crippen molar-refractivity contribution < 1.29 is 9.53 Å².